The highest BCUT2D eigenvalue weighted by atomic mass is 16.3. The van der Waals surface area contributed by atoms with Crippen LogP contribution in [-0.4, -0.2) is 19.7 Å². The first-order chi connectivity index (χ1) is 5.40. The van der Waals surface area contributed by atoms with Crippen molar-refractivity contribution < 1.29 is 5.11 Å². The third kappa shape index (κ3) is 0.969. The third-order valence-corrected chi connectivity index (χ3v) is 1.40. The number of rotatable bonds is 1. The molecule has 0 aromatic carbocycles. The van der Waals surface area contributed by atoms with E-state index in [1.807, 2.05) is 0 Å². The molecular formula is C7H6N3O. The lowest BCUT2D eigenvalue weighted by Gasteiger charge is -1.85. The van der Waals surface area contributed by atoms with Gasteiger partial charge < -0.3 is 5.11 Å². The monoisotopic (exact) mass is 148 g/mol. The van der Waals surface area contributed by atoms with Crippen molar-refractivity contribution in [2.75, 3.05) is 0 Å². The van der Waals surface area contributed by atoms with Crippen molar-refractivity contribution in [2.45, 2.75) is 6.61 Å². The lowest BCUT2D eigenvalue weighted by atomic mass is 10.4. The maximum absolute atomic E-state index is 8.72. The van der Waals surface area contributed by atoms with Crippen LogP contribution in [0.4, 0.5) is 0 Å². The molecule has 4 heteroatoms. The molecule has 0 saturated heterocycles. The lowest BCUT2D eigenvalue weighted by molar-refractivity contribution is 0.276. The summed E-state index contributed by atoms with van der Waals surface area (Å²) in [6, 6.07) is 4.51. The molecule has 0 aliphatic rings. The summed E-state index contributed by atoms with van der Waals surface area (Å²) in [5.74, 6) is 0. The van der Waals surface area contributed by atoms with E-state index in [1.165, 1.54) is 0 Å². The molecule has 1 N–H and O–H groups in total. The minimum Gasteiger partial charge on any atom is -0.390 e. The Morgan fingerprint density at radius 2 is 2.55 bits per heavy atom. The van der Waals surface area contributed by atoms with Crippen LogP contribution in [0.1, 0.15) is 5.69 Å². The molecule has 2 aromatic rings. The average molecular weight is 148 g/mol. The first-order valence-corrected chi connectivity index (χ1v) is 3.21. The molecule has 0 unspecified atom stereocenters. The van der Waals surface area contributed by atoms with E-state index in [0.717, 1.165) is 5.65 Å². The van der Waals surface area contributed by atoms with Gasteiger partial charge in [0.25, 0.3) is 0 Å². The predicted molar refractivity (Wildman–Crippen MR) is 37.7 cm³/mol. The summed E-state index contributed by atoms with van der Waals surface area (Å²) >= 11 is 0. The maximum atomic E-state index is 8.72. The van der Waals surface area contributed by atoms with E-state index in [4.69, 9.17) is 5.11 Å². The quantitative estimate of drug-likeness (QED) is 0.620. The normalized spacial score (nSPS) is 10.6. The first-order valence-electron chi connectivity index (χ1n) is 3.21. The van der Waals surface area contributed by atoms with Crippen LogP contribution in [0.3, 0.4) is 0 Å². The summed E-state index contributed by atoms with van der Waals surface area (Å²) in [4.78, 5) is 3.98. The highest BCUT2D eigenvalue weighted by Gasteiger charge is 1.98. The van der Waals surface area contributed by atoms with E-state index >= 15 is 0 Å². The second-order valence-electron chi connectivity index (χ2n) is 2.15. The predicted octanol–water partition coefficient (Wildman–Crippen LogP) is 0.0218. The van der Waals surface area contributed by atoms with Crippen LogP contribution >= 0.6 is 0 Å². The Balaban J connectivity index is 2.69. The molecule has 2 rings (SSSR count). The van der Waals surface area contributed by atoms with Gasteiger partial charge in [-0.2, -0.15) is 5.10 Å². The molecule has 0 aliphatic carbocycles. The van der Waals surface area contributed by atoms with Crippen molar-refractivity contribution in [3.8, 4) is 0 Å². The fourth-order valence-corrected chi connectivity index (χ4v) is 0.910. The van der Waals surface area contributed by atoms with Crippen LogP contribution in [0.15, 0.2) is 18.5 Å². The topological polar surface area (TPSA) is 50.4 Å². The zero-order valence-corrected chi connectivity index (χ0v) is 5.73. The number of hydrogen-bond acceptors (Lipinski definition) is 3. The maximum Gasteiger partial charge on any atom is 0.155 e. The third-order valence-electron chi connectivity index (χ3n) is 1.40. The number of nitrogens with zero attached hydrogens (tertiary/aromatic N) is 3. The molecule has 0 spiro atoms. The Morgan fingerprint density at radius 3 is 3.27 bits per heavy atom. The van der Waals surface area contributed by atoms with Crippen molar-refractivity contribution >= 4 is 5.65 Å². The van der Waals surface area contributed by atoms with Crippen LogP contribution < -0.4 is 0 Å². The molecule has 0 atom stereocenters. The first kappa shape index (κ1) is 6.30. The second-order valence-corrected chi connectivity index (χ2v) is 2.15. The Kier molecular flexibility index (Phi) is 1.33. The largest absolute Gasteiger partial charge is 0.390 e. The zero-order chi connectivity index (χ0) is 7.68. The highest BCUT2D eigenvalue weighted by Crippen LogP contribution is 2.01. The van der Waals surface area contributed by atoms with Gasteiger partial charge in [-0.1, -0.05) is 0 Å². The van der Waals surface area contributed by atoms with E-state index < -0.39 is 0 Å². The van der Waals surface area contributed by atoms with E-state index in [1.54, 1.807) is 23.0 Å². The Morgan fingerprint density at radius 1 is 1.64 bits per heavy atom. The number of fused-ring (bicyclic) bond motifs is 1. The summed E-state index contributed by atoms with van der Waals surface area (Å²) < 4.78 is 1.57. The summed E-state index contributed by atoms with van der Waals surface area (Å²) in [6.07, 6.45) is 3.24. The average Bonchev–Trinajstić information content (AvgIpc) is 2.46. The smallest absolute Gasteiger partial charge is 0.155 e. The molecular weight excluding hydrogens is 142 g/mol. The van der Waals surface area contributed by atoms with Crippen molar-refractivity contribution in [3.63, 3.8) is 0 Å². The van der Waals surface area contributed by atoms with Crippen molar-refractivity contribution in [1.82, 2.24) is 14.6 Å². The molecule has 0 aliphatic heterocycles. The Labute approximate surface area is 63.1 Å². The fourth-order valence-electron chi connectivity index (χ4n) is 0.910. The molecule has 0 amide bonds. The van der Waals surface area contributed by atoms with Crippen LogP contribution in [-0.2, 0) is 6.61 Å². The fraction of sp³-hybridized carbons (Fsp3) is 0.143. The van der Waals surface area contributed by atoms with Crippen LogP contribution in [0.5, 0.6) is 0 Å². The highest BCUT2D eigenvalue weighted by molar-refractivity contribution is 5.37. The second kappa shape index (κ2) is 2.32. The summed E-state index contributed by atoms with van der Waals surface area (Å²) in [6.45, 7) is -0.0522. The molecule has 0 fully saturated rings. The van der Waals surface area contributed by atoms with Crippen molar-refractivity contribution in [1.29, 1.82) is 0 Å². The molecule has 0 saturated carbocycles. The zero-order valence-electron chi connectivity index (χ0n) is 5.73. The van der Waals surface area contributed by atoms with Crippen LogP contribution in [0.2, 0.25) is 0 Å². The number of hydrogen-bond donors (Lipinski definition) is 1. The van der Waals surface area contributed by atoms with E-state index in [9.17, 15) is 0 Å². The van der Waals surface area contributed by atoms with Crippen molar-refractivity contribution in [3.05, 3.63) is 30.2 Å². The van der Waals surface area contributed by atoms with Gasteiger partial charge in [-0.05, 0) is 0 Å². The van der Waals surface area contributed by atoms with Crippen LogP contribution in [0.25, 0.3) is 5.65 Å². The van der Waals surface area contributed by atoms with Gasteiger partial charge in [0.2, 0.25) is 0 Å². The van der Waals surface area contributed by atoms with E-state index in [2.05, 4.69) is 16.1 Å². The van der Waals surface area contributed by atoms with Crippen LogP contribution in [0, 0.1) is 6.07 Å². The number of aliphatic hydroxyl groups excluding tert-OH is 1. The van der Waals surface area contributed by atoms with Gasteiger partial charge in [0.15, 0.2) is 5.65 Å². The molecule has 11 heavy (non-hydrogen) atoms. The van der Waals surface area contributed by atoms with Gasteiger partial charge in [0.05, 0.1) is 12.3 Å². The summed E-state index contributed by atoms with van der Waals surface area (Å²) in [5.41, 5.74) is 1.35. The lowest BCUT2D eigenvalue weighted by Crippen LogP contribution is -1.88. The van der Waals surface area contributed by atoms with E-state index in [-0.39, 0.29) is 6.61 Å². The summed E-state index contributed by atoms with van der Waals surface area (Å²) in [7, 11) is 0. The molecule has 1 radical (unpaired) electrons. The SMILES string of the molecule is OCc1cc2nc[c]cn2n1. The molecule has 4 nitrogen and oxygen atoms in total. The Hall–Kier alpha value is -1.42. The van der Waals surface area contributed by atoms with Gasteiger partial charge >= 0.3 is 0 Å². The van der Waals surface area contributed by atoms with E-state index in [0.29, 0.717) is 5.69 Å². The standard InChI is InChI=1S/C7H6N3O/c11-5-6-4-7-8-2-1-3-10(7)9-6/h2-4,11H,5H2. The number of aromatic nitrogens is 3. The minimum absolute atomic E-state index is 0.0522. The minimum atomic E-state index is -0.0522. The molecule has 55 valence electrons. The Bertz CT molecular complexity index is 335. The van der Waals surface area contributed by atoms with Gasteiger partial charge in [0.1, 0.15) is 0 Å². The molecule has 2 aromatic heterocycles. The number of aliphatic hydroxyl groups is 1. The van der Waals surface area contributed by atoms with Gasteiger partial charge in [-0.15, -0.1) is 0 Å². The van der Waals surface area contributed by atoms with Gasteiger partial charge in [-0.3, -0.25) is 0 Å². The molecule has 0 bridgehead atoms. The molecule has 2 heterocycles. The summed E-state index contributed by atoms with van der Waals surface area (Å²) in [5, 5.41) is 12.7. The van der Waals surface area contributed by atoms with Gasteiger partial charge in [-0.25, -0.2) is 9.50 Å². The van der Waals surface area contributed by atoms with Gasteiger partial charge in [0, 0.05) is 24.5 Å². The van der Waals surface area contributed by atoms with Crippen molar-refractivity contribution in [2.24, 2.45) is 0 Å².